The number of nitrogens with one attached hydrogen (secondary N) is 1. The largest absolute Gasteiger partial charge is 0.484 e. The summed E-state index contributed by atoms with van der Waals surface area (Å²) < 4.78 is 41.0. The molecule has 0 radical (unpaired) electrons. The van der Waals surface area contributed by atoms with Crippen molar-refractivity contribution in [1.82, 2.24) is 4.98 Å². The number of nitrogens with zero attached hydrogens (tertiary/aromatic N) is 1. The first kappa shape index (κ1) is 15.4. The number of halogens is 4. The highest BCUT2D eigenvalue weighted by Gasteiger charge is 2.28. The minimum Gasteiger partial charge on any atom is -0.484 e. The Morgan fingerprint density at radius 3 is 2.71 bits per heavy atom. The summed E-state index contributed by atoms with van der Waals surface area (Å²) in [7, 11) is 0. The third kappa shape index (κ3) is 5.51. The first-order valence-corrected chi connectivity index (χ1v) is 6.44. The van der Waals surface area contributed by atoms with Crippen LogP contribution in [0.5, 0.6) is 5.75 Å². The number of hydrogen-bond donors (Lipinski definition) is 1. The van der Waals surface area contributed by atoms with Gasteiger partial charge in [-0.05, 0) is 29.8 Å². The van der Waals surface area contributed by atoms with Crippen LogP contribution in [0.25, 0.3) is 0 Å². The first-order chi connectivity index (χ1) is 9.92. The molecule has 0 bridgehead atoms. The maximum atomic E-state index is 12.1. The van der Waals surface area contributed by atoms with Gasteiger partial charge in [-0.25, -0.2) is 4.98 Å². The second kappa shape index (κ2) is 6.67. The second-order valence-electron chi connectivity index (χ2n) is 4.27. The van der Waals surface area contributed by atoms with E-state index in [1.807, 2.05) is 0 Å². The van der Waals surface area contributed by atoms with Gasteiger partial charge in [0.15, 0.2) is 6.61 Å². The van der Waals surface area contributed by atoms with E-state index in [0.29, 0.717) is 11.7 Å². The topological polar surface area (TPSA) is 34.1 Å². The van der Waals surface area contributed by atoms with Crippen molar-refractivity contribution in [2.45, 2.75) is 12.7 Å². The molecule has 0 aliphatic rings. The summed E-state index contributed by atoms with van der Waals surface area (Å²) in [5, 5.41) is 3.46. The predicted octanol–water partition coefficient (Wildman–Crippen LogP) is 4.29. The number of aromatic nitrogens is 1. The lowest BCUT2D eigenvalue weighted by Crippen LogP contribution is -2.19. The molecule has 1 heterocycles. The molecule has 0 aliphatic carbocycles. The van der Waals surface area contributed by atoms with Crippen molar-refractivity contribution in [2.24, 2.45) is 0 Å². The lowest BCUT2D eigenvalue weighted by Gasteiger charge is -2.11. The molecule has 21 heavy (non-hydrogen) atoms. The second-order valence-corrected chi connectivity index (χ2v) is 4.66. The summed E-state index contributed by atoms with van der Waals surface area (Å²) >= 11 is 5.76. The average Bonchev–Trinajstić information content (AvgIpc) is 2.43. The standard InChI is InChI=1S/C14H12ClF3N2O/c15-13-7-11(4-5-19-13)20-8-10-2-1-3-12(6-10)21-9-14(16,17)18/h1-7H,8-9H2,(H,19,20). The van der Waals surface area contributed by atoms with Gasteiger partial charge < -0.3 is 10.1 Å². The van der Waals surface area contributed by atoms with E-state index in [2.05, 4.69) is 10.3 Å². The zero-order valence-electron chi connectivity index (χ0n) is 10.8. The lowest BCUT2D eigenvalue weighted by atomic mass is 10.2. The van der Waals surface area contributed by atoms with Crippen LogP contribution < -0.4 is 10.1 Å². The van der Waals surface area contributed by atoms with Gasteiger partial charge in [0.05, 0.1) is 0 Å². The van der Waals surface area contributed by atoms with Gasteiger partial charge in [0.25, 0.3) is 0 Å². The maximum Gasteiger partial charge on any atom is 0.422 e. The Hall–Kier alpha value is -1.95. The van der Waals surface area contributed by atoms with E-state index in [4.69, 9.17) is 16.3 Å². The number of hydrogen-bond acceptors (Lipinski definition) is 3. The lowest BCUT2D eigenvalue weighted by molar-refractivity contribution is -0.153. The van der Waals surface area contributed by atoms with Crippen LogP contribution in [0.2, 0.25) is 5.15 Å². The van der Waals surface area contributed by atoms with Gasteiger partial charge in [-0.15, -0.1) is 0 Å². The van der Waals surface area contributed by atoms with E-state index >= 15 is 0 Å². The number of alkyl halides is 3. The Morgan fingerprint density at radius 2 is 2.00 bits per heavy atom. The zero-order chi connectivity index (χ0) is 15.3. The van der Waals surface area contributed by atoms with Gasteiger partial charge in [0, 0.05) is 18.4 Å². The number of benzene rings is 1. The highest BCUT2D eigenvalue weighted by atomic mass is 35.5. The van der Waals surface area contributed by atoms with Crippen molar-refractivity contribution in [3.05, 3.63) is 53.3 Å². The van der Waals surface area contributed by atoms with Crippen molar-refractivity contribution in [3.8, 4) is 5.75 Å². The highest BCUT2D eigenvalue weighted by Crippen LogP contribution is 2.20. The van der Waals surface area contributed by atoms with Crippen molar-refractivity contribution >= 4 is 17.3 Å². The Balaban J connectivity index is 1.95. The molecule has 0 fully saturated rings. The molecular weight excluding hydrogens is 305 g/mol. The molecule has 3 nitrogen and oxygen atoms in total. The number of pyridine rings is 1. The average molecular weight is 317 g/mol. The number of rotatable bonds is 5. The number of anilines is 1. The van der Waals surface area contributed by atoms with Crippen LogP contribution in [-0.2, 0) is 6.54 Å². The van der Waals surface area contributed by atoms with E-state index in [1.165, 1.54) is 6.07 Å². The molecule has 112 valence electrons. The van der Waals surface area contributed by atoms with Crippen LogP contribution in [-0.4, -0.2) is 17.8 Å². The van der Waals surface area contributed by atoms with Crippen LogP contribution in [0, 0.1) is 0 Å². The van der Waals surface area contributed by atoms with E-state index < -0.39 is 12.8 Å². The quantitative estimate of drug-likeness (QED) is 0.836. The van der Waals surface area contributed by atoms with Crippen LogP contribution in [0.4, 0.5) is 18.9 Å². The summed E-state index contributed by atoms with van der Waals surface area (Å²) in [6, 6.07) is 9.88. The van der Waals surface area contributed by atoms with Crippen molar-refractivity contribution in [2.75, 3.05) is 11.9 Å². The Bertz CT molecular complexity index is 605. The molecule has 2 rings (SSSR count). The summed E-state index contributed by atoms with van der Waals surface area (Å²) in [4.78, 5) is 3.86. The molecule has 0 saturated carbocycles. The molecule has 0 aliphatic heterocycles. The monoisotopic (exact) mass is 316 g/mol. The van der Waals surface area contributed by atoms with Crippen LogP contribution >= 0.6 is 11.6 Å². The molecule has 0 amide bonds. The van der Waals surface area contributed by atoms with Gasteiger partial charge >= 0.3 is 6.18 Å². The molecule has 0 spiro atoms. The van der Waals surface area contributed by atoms with Crippen LogP contribution in [0.3, 0.4) is 0 Å². The minimum atomic E-state index is -4.35. The first-order valence-electron chi connectivity index (χ1n) is 6.06. The van der Waals surface area contributed by atoms with E-state index in [0.717, 1.165) is 11.3 Å². The maximum absolute atomic E-state index is 12.1. The highest BCUT2D eigenvalue weighted by molar-refractivity contribution is 6.29. The molecule has 1 aromatic carbocycles. The van der Waals surface area contributed by atoms with E-state index in [9.17, 15) is 13.2 Å². The normalized spacial score (nSPS) is 11.2. The minimum absolute atomic E-state index is 0.180. The van der Waals surface area contributed by atoms with Crippen molar-refractivity contribution in [1.29, 1.82) is 0 Å². The van der Waals surface area contributed by atoms with Crippen LogP contribution in [0.15, 0.2) is 42.6 Å². The Kier molecular flexibility index (Phi) is 4.90. The Morgan fingerprint density at radius 1 is 1.19 bits per heavy atom. The fourth-order valence-corrected chi connectivity index (χ4v) is 1.80. The van der Waals surface area contributed by atoms with E-state index in [1.54, 1.807) is 36.5 Å². The smallest absolute Gasteiger partial charge is 0.422 e. The molecule has 7 heteroatoms. The van der Waals surface area contributed by atoms with Gasteiger partial charge in [-0.3, -0.25) is 0 Å². The third-order valence-corrected chi connectivity index (χ3v) is 2.73. The molecule has 1 aromatic heterocycles. The SMILES string of the molecule is FC(F)(F)COc1cccc(CNc2ccnc(Cl)c2)c1. The van der Waals surface area contributed by atoms with E-state index in [-0.39, 0.29) is 5.75 Å². The summed E-state index contributed by atoms with van der Waals surface area (Å²) in [5.74, 6) is 0.180. The third-order valence-electron chi connectivity index (χ3n) is 2.52. The van der Waals surface area contributed by atoms with Gasteiger partial charge in [-0.2, -0.15) is 13.2 Å². The zero-order valence-corrected chi connectivity index (χ0v) is 11.6. The van der Waals surface area contributed by atoms with Gasteiger partial charge in [-0.1, -0.05) is 23.7 Å². The summed E-state index contributed by atoms with van der Waals surface area (Å²) in [6.45, 7) is -0.868. The van der Waals surface area contributed by atoms with Crippen LogP contribution in [0.1, 0.15) is 5.56 Å². The predicted molar refractivity (Wildman–Crippen MR) is 74.6 cm³/mol. The van der Waals surface area contributed by atoms with Crippen molar-refractivity contribution < 1.29 is 17.9 Å². The molecule has 1 N–H and O–H groups in total. The fraction of sp³-hybridized carbons (Fsp3) is 0.214. The molecule has 0 atom stereocenters. The molecular formula is C14H12ClF3N2O. The molecule has 0 unspecified atom stereocenters. The fourth-order valence-electron chi connectivity index (χ4n) is 1.63. The molecule has 0 saturated heterocycles. The molecule has 2 aromatic rings. The van der Waals surface area contributed by atoms with Gasteiger partial charge in [0.1, 0.15) is 10.9 Å². The summed E-state index contributed by atoms with van der Waals surface area (Å²) in [5.41, 5.74) is 1.57. The Labute approximate surface area is 124 Å². The summed E-state index contributed by atoms with van der Waals surface area (Å²) in [6.07, 6.45) is -2.78. The van der Waals surface area contributed by atoms with Gasteiger partial charge in [0.2, 0.25) is 0 Å². The number of ether oxygens (including phenoxy) is 1. The van der Waals surface area contributed by atoms with Crippen molar-refractivity contribution in [3.63, 3.8) is 0 Å².